The molecule has 2 rings (SSSR count). The van der Waals surface area contributed by atoms with Crippen LogP contribution in [-0.4, -0.2) is 11.8 Å². The average Bonchev–Trinajstić information content (AvgIpc) is 2.44. The van der Waals surface area contributed by atoms with Crippen LogP contribution in [0.2, 0.25) is 0 Å². The summed E-state index contributed by atoms with van der Waals surface area (Å²) in [6, 6.07) is 7.13. The van der Waals surface area contributed by atoms with Crippen LogP contribution in [0.1, 0.15) is 22.8 Å². The molecule has 1 aliphatic rings. The first kappa shape index (κ1) is 8.69. The number of hydrogen-bond donors (Lipinski definition) is 0. The Morgan fingerprint density at radius 2 is 2.00 bits per heavy atom. The fourth-order valence-electron chi connectivity index (χ4n) is 1.40. The fourth-order valence-corrected chi connectivity index (χ4v) is 1.40. The van der Waals surface area contributed by atoms with Gasteiger partial charge in [0.15, 0.2) is 5.76 Å². The monoisotopic (exact) mass is 188 g/mol. The number of ether oxygens (including phenoxy) is 1. The number of ketones is 1. The Morgan fingerprint density at radius 1 is 1.29 bits per heavy atom. The number of allylic oxidation sites excluding steroid dienone is 1. The largest absolute Gasteiger partial charge is 0.422 e. The fraction of sp³-hybridized carbons (Fsp3) is 0.0909. The van der Waals surface area contributed by atoms with Crippen LogP contribution < -0.4 is 0 Å². The highest BCUT2D eigenvalue weighted by molar-refractivity contribution is 6.17. The van der Waals surface area contributed by atoms with Gasteiger partial charge in [0.1, 0.15) is 0 Å². The van der Waals surface area contributed by atoms with Crippen molar-refractivity contribution < 1.29 is 14.3 Å². The van der Waals surface area contributed by atoms with Crippen LogP contribution in [0, 0.1) is 0 Å². The molecule has 0 bridgehead atoms. The van der Waals surface area contributed by atoms with E-state index in [2.05, 4.69) is 0 Å². The Balaban J connectivity index is 2.37. The summed E-state index contributed by atoms with van der Waals surface area (Å²) in [4.78, 5) is 22.3. The average molecular weight is 188 g/mol. The van der Waals surface area contributed by atoms with Gasteiger partial charge in [-0.2, -0.15) is 0 Å². The highest BCUT2D eigenvalue weighted by Gasteiger charge is 2.24. The molecular weight excluding hydrogens is 180 g/mol. The summed E-state index contributed by atoms with van der Waals surface area (Å²) in [6.07, 6.45) is 1.58. The van der Waals surface area contributed by atoms with Crippen LogP contribution in [0.25, 0.3) is 6.08 Å². The quantitative estimate of drug-likeness (QED) is 0.631. The summed E-state index contributed by atoms with van der Waals surface area (Å²) in [6.45, 7) is 1.27. The zero-order chi connectivity index (χ0) is 10.1. The lowest BCUT2D eigenvalue weighted by Gasteiger charge is -1.98. The highest BCUT2D eigenvalue weighted by Crippen LogP contribution is 2.25. The number of esters is 1. The number of fused-ring (bicyclic) bond motifs is 1. The molecule has 0 N–H and O–H groups in total. The van der Waals surface area contributed by atoms with Crippen molar-refractivity contribution in [2.24, 2.45) is 0 Å². The second kappa shape index (κ2) is 3.10. The number of carbonyl (C=O) groups is 2. The first-order chi connectivity index (χ1) is 6.68. The molecule has 0 saturated heterocycles. The molecule has 0 amide bonds. The van der Waals surface area contributed by atoms with Crippen molar-refractivity contribution >= 4 is 17.8 Å². The number of hydrogen-bond acceptors (Lipinski definition) is 3. The van der Waals surface area contributed by atoms with E-state index < -0.39 is 5.97 Å². The summed E-state index contributed by atoms with van der Waals surface area (Å²) in [5.74, 6) is -0.591. The normalized spacial score (nSPS) is 13.5. The van der Waals surface area contributed by atoms with Gasteiger partial charge in [-0.3, -0.25) is 9.59 Å². The predicted molar refractivity (Wildman–Crippen MR) is 50.5 cm³/mol. The van der Waals surface area contributed by atoms with Crippen molar-refractivity contribution in [1.82, 2.24) is 0 Å². The molecule has 0 fully saturated rings. The maximum Gasteiger partial charge on any atom is 0.308 e. The van der Waals surface area contributed by atoms with E-state index in [1.54, 1.807) is 18.2 Å². The Labute approximate surface area is 81.0 Å². The van der Waals surface area contributed by atoms with Crippen LogP contribution in [0.3, 0.4) is 0 Å². The molecule has 0 aromatic heterocycles. The van der Waals surface area contributed by atoms with Crippen molar-refractivity contribution in [1.29, 1.82) is 0 Å². The highest BCUT2D eigenvalue weighted by atomic mass is 16.5. The predicted octanol–water partition coefficient (Wildman–Crippen LogP) is 1.79. The lowest BCUT2D eigenvalue weighted by atomic mass is 10.1. The lowest BCUT2D eigenvalue weighted by Crippen LogP contribution is -2.05. The lowest BCUT2D eigenvalue weighted by molar-refractivity contribution is -0.136. The van der Waals surface area contributed by atoms with Crippen LogP contribution in [0.15, 0.2) is 30.0 Å². The van der Waals surface area contributed by atoms with E-state index in [9.17, 15) is 9.59 Å². The summed E-state index contributed by atoms with van der Waals surface area (Å²) < 4.78 is 4.78. The Hall–Kier alpha value is -1.90. The van der Waals surface area contributed by atoms with Gasteiger partial charge in [-0.05, 0) is 11.6 Å². The summed E-state index contributed by atoms with van der Waals surface area (Å²) in [7, 11) is 0. The van der Waals surface area contributed by atoms with Crippen molar-refractivity contribution in [2.75, 3.05) is 0 Å². The van der Waals surface area contributed by atoms with E-state index in [0.29, 0.717) is 5.56 Å². The molecule has 0 unspecified atom stereocenters. The van der Waals surface area contributed by atoms with Gasteiger partial charge in [0, 0.05) is 12.5 Å². The van der Waals surface area contributed by atoms with Gasteiger partial charge in [0.25, 0.3) is 0 Å². The molecule has 1 aromatic rings. The third-order valence-electron chi connectivity index (χ3n) is 1.97. The van der Waals surface area contributed by atoms with Gasteiger partial charge in [-0.1, -0.05) is 24.3 Å². The van der Waals surface area contributed by atoms with E-state index in [0.717, 1.165) is 5.56 Å². The van der Waals surface area contributed by atoms with Crippen molar-refractivity contribution in [2.45, 2.75) is 6.92 Å². The maximum atomic E-state index is 11.6. The third-order valence-corrected chi connectivity index (χ3v) is 1.97. The van der Waals surface area contributed by atoms with Crippen LogP contribution >= 0.6 is 0 Å². The van der Waals surface area contributed by atoms with Crippen LogP contribution in [-0.2, 0) is 9.53 Å². The van der Waals surface area contributed by atoms with Crippen LogP contribution in [0.5, 0.6) is 0 Å². The molecule has 0 atom stereocenters. The molecule has 1 aliphatic carbocycles. The molecule has 0 radical (unpaired) electrons. The van der Waals surface area contributed by atoms with Gasteiger partial charge < -0.3 is 4.74 Å². The Morgan fingerprint density at radius 3 is 2.64 bits per heavy atom. The zero-order valence-electron chi connectivity index (χ0n) is 7.61. The molecular formula is C11H8O3. The van der Waals surface area contributed by atoms with Gasteiger partial charge in [0.2, 0.25) is 5.78 Å². The molecule has 0 saturated carbocycles. The Kier molecular flexibility index (Phi) is 1.93. The van der Waals surface area contributed by atoms with Crippen molar-refractivity contribution in [3.8, 4) is 0 Å². The van der Waals surface area contributed by atoms with Crippen molar-refractivity contribution in [3.63, 3.8) is 0 Å². The molecule has 0 spiro atoms. The minimum absolute atomic E-state index is 0.110. The maximum absolute atomic E-state index is 11.6. The first-order valence-corrected chi connectivity index (χ1v) is 4.22. The number of carbonyl (C=O) groups excluding carboxylic acids is 2. The third kappa shape index (κ3) is 1.33. The van der Waals surface area contributed by atoms with Gasteiger partial charge in [-0.25, -0.2) is 0 Å². The van der Waals surface area contributed by atoms with E-state index in [1.807, 2.05) is 12.1 Å². The molecule has 70 valence electrons. The van der Waals surface area contributed by atoms with Gasteiger partial charge in [0.05, 0.1) is 0 Å². The van der Waals surface area contributed by atoms with E-state index in [-0.39, 0.29) is 11.5 Å². The smallest absolute Gasteiger partial charge is 0.308 e. The minimum Gasteiger partial charge on any atom is -0.422 e. The SMILES string of the molecule is CC(=O)OC1=Cc2ccccc2C1=O. The van der Waals surface area contributed by atoms with Crippen molar-refractivity contribution in [3.05, 3.63) is 41.2 Å². The molecule has 0 heterocycles. The second-order valence-corrected chi connectivity index (χ2v) is 3.02. The van der Waals surface area contributed by atoms with E-state index in [4.69, 9.17) is 4.74 Å². The number of Topliss-reactive ketones (excluding diaryl/α,β-unsaturated/α-hetero) is 1. The molecule has 1 aromatic carbocycles. The summed E-state index contributed by atoms with van der Waals surface area (Å²) in [5, 5.41) is 0. The number of benzene rings is 1. The first-order valence-electron chi connectivity index (χ1n) is 4.22. The van der Waals surface area contributed by atoms with Gasteiger partial charge >= 0.3 is 5.97 Å². The molecule has 3 heteroatoms. The number of rotatable bonds is 1. The summed E-state index contributed by atoms with van der Waals surface area (Å²) >= 11 is 0. The topological polar surface area (TPSA) is 43.4 Å². The molecule has 3 nitrogen and oxygen atoms in total. The minimum atomic E-state index is -0.475. The van der Waals surface area contributed by atoms with E-state index >= 15 is 0 Å². The molecule has 14 heavy (non-hydrogen) atoms. The van der Waals surface area contributed by atoms with E-state index in [1.165, 1.54) is 6.92 Å². The zero-order valence-corrected chi connectivity index (χ0v) is 7.61. The van der Waals surface area contributed by atoms with Gasteiger partial charge in [-0.15, -0.1) is 0 Å². The second-order valence-electron chi connectivity index (χ2n) is 3.02. The molecule has 0 aliphatic heterocycles. The standard InChI is InChI=1S/C11H8O3/c1-7(12)14-10-6-8-4-2-3-5-9(8)11(10)13/h2-6H,1H3. The Bertz CT molecular complexity index is 444. The van der Waals surface area contributed by atoms with Crippen LogP contribution in [0.4, 0.5) is 0 Å². The summed E-state index contributed by atoms with van der Waals surface area (Å²) in [5.41, 5.74) is 1.39.